The summed E-state index contributed by atoms with van der Waals surface area (Å²) in [5.41, 5.74) is 4.80. The summed E-state index contributed by atoms with van der Waals surface area (Å²) >= 11 is 0.400. The number of carbonyl (C=O) groups excluding carboxylic acids is 1. The minimum Gasteiger partial charge on any atom is -0.481 e. The largest absolute Gasteiger partial charge is 0.481 e. The Balaban J connectivity index is 5.46. The van der Waals surface area contributed by atoms with Crippen LogP contribution in [0.3, 0.4) is 0 Å². The maximum absolute atomic E-state index is 10.9. The molecular weight excluding hydrogens is 310 g/mol. The quantitative estimate of drug-likeness (QED) is 0.291. The molecule has 0 bridgehead atoms. The van der Waals surface area contributed by atoms with Crippen molar-refractivity contribution in [2.45, 2.75) is 5.25 Å². The van der Waals surface area contributed by atoms with Crippen LogP contribution in [0.4, 0.5) is 0 Å². The highest BCUT2D eigenvalue weighted by atomic mass is 32.2. The molecule has 0 aromatic rings. The monoisotopic (exact) mass is 322 g/mol. The molecule has 10 nitrogen and oxygen atoms in total. The Bertz CT molecular complexity index is 403. The maximum Gasteiger partial charge on any atom is 0.319 e. The molecule has 0 unspecified atom stereocenters. The standard InChI is InChI=1S/C10H12NO9S/c11-3(12)1-2-21-6(4(7(13)14)8(15)16)5(9(17)18)10(19)20/h1,4-6H,2H2,(H2,11,12)(H,13,14)(H,15,16)(H,17,18)(H,19,20). The fourth-order valence-corrected chi connectivity index (χ4v) is 2.73. The van der Waals surface area contributed by atoms with E-state index < -0.39 is 46.9 Å². The fraction of sp³-hybridized carbons (Fsp3) is 0.400. The number of rotatable bonds is 10. The third kappa shape index (κ3) is 5.69. The molecule has 0 saturated carbocycles. The number of thioether (sulfide) groups is 1. The number of carbonyl (C=O) groups is 5. The third-order valence-corrected chi connectivity index (χ3v) is 3.58. The summed E-state index contributed by atoms with van der Waals surface area (Å²) in [7, 11) is 0. The van der Waals surface area contributed by atoms with Gasteiger partial charge in [0, 0.05) is 5.75 Å². The molecule has 0 atom stereocenters. The van der Waals surface area contributed by atoms with E-state index in [0.717, 1.165) is 6.42 Å². The predicted octanol–water partition coefficient (Wildman–Crippen LogP) is -1.65. The molecular formula is C10H12NO9S. The van der Waals surface area contributed by atoms with Crippen LogP contribution < -0.4 is 5.73 Å². The van der Waals surface area contributed by atoms with Crippen molar-refractivity contribution in [1.82, 2.24) is 0 Å². The lowest BCUT2D eigenvalue weighted by molar-refractivity contribution is -0.158. The van der Waals surface area contributed by atoms with Gasteiger partial charge in [-0.1, -0.05) is 0 Å². The first-order valence-corrected chi connectivity index (χ1v) is 6.30. The lowest BCUT2D eigenvalue weighted by Crippen LogP contribution is -2.44. The van der Waals surface area contributed by atoms with Gasteiger partial charge in [0.2, 0.25) is 5.91 Å². The Hall–Kier alpha value is -2.30. The normalized spacial score (nSPS) is 10.8. The van der Waals surface area contributed by atoms with Gasteiger partial charge in [0.25, 0.3) is 0 Å². The molecule has 0 spiro atoms. The Morgan fingerprint density at radius 1 is 0.857 bits per heavy atom. The van der Waals surface area contributed by atoms with E-state index in [0.29, 0.717) is 11.8 Å². The average molecular weight is 322 g/mol. The van der Waals surface area contributed by atoms with Crippen LogP contribution in [0.15, 0.2) is 0 Å². The zero-order valence-corrected chi connectivity index (χ0v) is 11.1. The van der Waals surface area contributed by atoms with Crippen LogP contribution in [0.25, 0.3) is 0 Å². The second-order valence-corrected chi connectivity index (χ2v) is 4.92. The van der Waals surface area contributed by atoms with Gasteiger partial charge in [-0.25, -0.2) is 0 Å². The molecule has 1 radical (unpaired) electrons. The second kappa shape index (κ2) is 8.09. The highest BCUT2D eigenvalue weighted by Gasteiger charge is 2.46. The minimum atomic E-state index is -2.27. The zero-order valence-electron chi connectivity index (χ0n) is 10.3. The number of hydrogen-bond acceptors (Lipinski definition) is 6. The number of amides is 1. The van der Waals surface area contributed by atoms with E-state index in [1.165, 1.54) is 0 Å². The van der Waals surface area contributed by atoms with Crippen LogP contribution in [0.5, 0.6) is 0 Å². The SMILES string of the molecule is NC(=O)[CH]CSC(C(C(=O)O)C(=O)O)C(C(=O)O)C(=O)O. The van der Waals surface area contributed by atoms with Crippen LogP contribution in [0, 0.1) is 18.3 Å². The number of hydrogen-bond donors (Lipinski definition) is 5. The summed E-state index contributed by atoms with van der Waals surface area (Å²) < 4.78 is 0. The van der Waals surface area contributed by atoms with E-state index in [1.807, 2.05) is 0 Å². The molecule has 1 amide bonds. The zero-order chi connectivity index (χ0) is 16.7. The summed E-state index contributed by atoms with van der Waals surface area (Å²) in [5, 5.41) is 33.6. The van der Waals surface area contributed by atoms with Crippen LogP contribution in [-0.2, 0) is 24.0 Å². The fourth-order valence-electron chi connectivity index (χ4n) is 1.40. The van der Waals surface area contributed by atoms with Crippen molar-refractivity contribution in [1.29, 1.82) is 0 Å². The first kappa shape index (κ1) is 18.7. The van der Waals surface area contributed by atoms with Crippen LogP contribution in [0.1, 0.15) is 0 Å². The van der Waals surface area contributed by atoms with Crippen LogP contribution in [-0.4, -0.2) is 61.2 Å². The third-order valence-electron chi connectivity index (χ3n) is 2.29. The smallest absolute Gasteiger partial charge is 0.319 e. The molecule has 117 valence electrons. The molecule has 0 aromatic heterocycles. The van der Waals surface area contributed by atoms with Gasteiger partial charge >= 0.3 is 23.9 Å². The summed E-state index contributed by atoms with van der Waals surface area (Å²) in [6.07, 6.45) is 0.846. The van der Waals surface area contributed by atoms with Gasteiger partial charge in [-0.15, -0.1) is 0 Å². The Morgan fingerprint density at radius 3 is 1.43 bits per heavy atom. The van der Waals surface area contributed by atoms with Crippen LogP contribution >= 0.6 is 11.8 Å². The highest BCUT2D eigenvalue weighted by molar-refractivity contribution is 8.00. The number of aliphatic carboxylic acids is 4. The Morgan fingerprint density at radius 2 is 1.19 bits per heavy atom. The number of primary amides is 1. The van der Waals surface area contributed by atoms with Gasteiger partial charge in [-0.3, -0.25) is 24.0 Å². The van der Waals surface area contributed by atoms with E-state index in [9.17, 15) is 24.0 Å². The number of nitrogens with two attached hydrogens (primary N) is 1. The lowest BCUT2D eigenvalue weighted by Gasteiger charge is -2.23. The van der Waals surface area contributed by atoms with Gasteiger partial charge in [-0.2, -0.15) is 11.8 Å². The maximum atomic E-state index is 10.9. The van der Waals surface area contributed by atoms with E-state index in [2.05, 4.69) is 0 Å². The van der Waals surface area contributed by atoms with Crippen molar-refractivity contribution in [2.24, 2.45) is 17.6 Å². The summed E-state index contributed by atoms with van der Waals surface area (Å²) in [6.45, 7) is 0. The first-order chi connectivity index (χ1) is 9.59. The first-order valence-electron chi connectivity index (χ1n) is 5.25. The summed E-state index contributed by atoms with van der Waals surface area (Å²) in [5.74, 6) is -13.3. The molecule has 0 aromatic carbocycles. The van der Waals surface area contributed by atoms with E-state index in [4.69, 9.17) is 26.2 Å². The Labute approximate surface area is 121 Å². The molecule has 0 aliphatic rings. The van der Waals surface area contributed by atoms with Crippen molar-refractivity contribution in [3.8, 4) is 0 Å². The topological polar surface area (TPSA) is 192 Å². The van der Waals surface area contributed by atoms with Crippen molar-refractivity contribution in [3.63, 3.8) is 0 Å². The number of carboxylic acid groups (broad SMARTS) is 4. The van der Waals surface area contributed by atoms with Gasteiger partial charge in [-0.05, 0) is 0 Å². The van der Waals surface area contributed by atoms with E-state index >= 15 is 0 Å². The number of carboxylic acids is 4. The molecule has 0 aliphatic heterocycles. The molecule has 21 heavy (non-hydrogen) atoms. The molecule has 6 N–H and O–H groups in total. The molecule has 11 heteroatoms. The van der Waals surface area contributed by atoms with Crippen molar-refractivity contribution < 1.29 is 44.4 Å². The summed E-state index contributed by atoms with van der Waals surface area (Å²) in [6, 6.07) is 0. The summed E-state index contributed by atoms with van der Waals surface area (Å²) in [4.78, 5) is 54.3. The molecule has 0 fully saturated rings. The van der Waals surface area contributed by atoms with Crippen molar-refractivity contribution in [3.05, 3.63) is 6.42 Å². The Kier molecular flexibility index (Phi) is 7.21. The molecule has 0 saturated heterocycles. The van der Waals surface area contributed by atoms with Gasteiger partial charge < -0.3 is 26.2 Å². The minimum absolute atomic E-state index is 0.325. The second-order valence-electron chi connectivity index (χ2n) is 3.71. The highest BCUT2D eigenvalue weighted by Crippen LogP contribution is 2.29. The van der Waals surface area contributed by atoms with Gasteiger partial charge in [0.15, 0.2) is 11.8 Å². The van der Waals surface area contributed by atoms with Gasteiger partial charge in [0.1, 0.15) is 0 Å². The average Bonchev–Trinajstić information content (AvgIpc) is 2.25. The van der Waals surface area contributed by atoms with E-state index in [-0.39, 0.29) is 5.75 Å². The van der Waals surface area contributed by atoms with E-state index in [1.54, 1.807) is 0 Å². The van der Waals surface area contributed by atoms with Crippen LogP contribution in [0.2, 0.25) is 0 Å². The lowest BCUT2D eigenvalue weighted by atomic mass is 9.93. The van der Waals surface area contributed by atoms with Gasteiger partial charge in [0.05, 0.1) is 11.7 Å². The van der Waals surface area contributed by atoms with Crippen molar-refractivity contribution in [2.75, 3.05) is 5.75 Å². The predicted molar refractivity (Wildman–Crippen MR) is 67.3 cm³/mol. The molecule has 0 rings (SSSR count). The molecule has 0 aliphatic carbocycles. The van der Waals surface area contributed by atoms with Crippen molar-refractivity contribution >= 4 is 41.5 Å². The molecule has 0 heterocycles.